The van der Waals surface area contributed by atoms with E-state index in [1.807, 2.05) is 31.2 Å². The minimum absolute atomic E-state index is 0.104. The minimum Gasteiger partial charge on any atom is -0.492 e. The molecule has 1 heterocycles. The highest BCUT2D eigenvalue weighted by atomic mass is 32.2. The summed E-state index contributed by atoms with van der Waals surface area (Å²) in [6.07, 6.45) is 0. The first kappa shape index (κ1) is 18.0. The SMILES string of the molecule is Cc1ccc(S(=O)(=O)NCCOc2ccc(C(C)(C)C)cc2)s1. The second-order valence-electron chi connectivity index (χ2n) is 6.39. The summed E-state index contributed by atoms with van der Waals surface area (Å²) in [6, 6.07) is 11.3. The lowest BCUT2D eigenvalue weighted by Gasteiger charge is -2.19. The number of aryl methyl sites for hydroxylation is 1. The predicted molar refractivity (Wildman–Crippen MR) is 94.9 cm³/mol. The number of rotatable bonds is 6. The molecule has 2 rings (SSSR count). The Labute approximate surface area is 142 Å². The molecule has 1 aromatic carbocycles. The summed E-state index contributed by atoms with van der Waals surface area (Å²) >= 11 is 1.26. The molecule has 0 aliphatic rings. The van der Waals surface area contributed by atoms with Gasteiger partial charge in [-0.3, -0.25) is 0 Å². The van der Waals surface area contributed by atoms with Gasteiger partial charge in [0.1, 0.15) is 16.6 Å². The first-order chi connectivity index (χ1) is 10.7. The molecule has 0 saturated heterocycles. The van der Waals surface area contributed by atoms with Gasteiger partial charge in [-0.1, -0.05) is 32.9 Å². The van der Waals surface area contributed by atoms with Crippen molar-refractivity contribution in [2.24, 2.45) is 0 Å². The lowest BCUT2D eigenvalue weighted by Crippen LogP contribution is -2.27. The van der Waals surface area contributed by atoms with Crippen molar-refractivity contribution in [3.05, 3.63) is 46.8 Å². The maximum Gasteiger partial charge on any atom is 0.250 e. The second-order valence-corrected chi connectivity index (χ2v) is 9.67. The smallest absolute Gasteiger partial charge is 0.250 e. The van der Waals surface area contributed by atoms with Gasteiger partial charge in [0.15, 0.2) is 0 Å². The lowest BCUT2D eigenvalue weighted by atomic mass is 9.87. The quantitative estimate of drug-likeness (QED) is 0.806. The molecule has 0 saturated carbocycles. The minimum atomic E-state index is -3.43. The van der Waals surface area contributed by atoms with Crippen LogP contribution in [-0.4, -0.2) is 21.6 Å². The van der Waals surface area contributed by atoms with Crippen LogP contribution in [0.4, 0.5) is 0 Å². The summed E-state index contributed by atoms with van der Waals surface area (Å²) in [5.74, 6) is 0.740. The Morgan fingerprint density at radius 3 is 2.26 bits per heavy atom. The van der Waals surface area contributed by atoms with E-state index in [1.165, 1.54) is 16.9 Å². The van der Waals surface area contributed by atoms with E-state index >= 15 is 0 Å². The van der Waals surface area contributed by atoms with E-state index in [0.29, 0.717) is 10.8 Å². The molecule has 126 valence electrons. The van der Waals surface area contributed by atoms with Gasteiger partial charge in [0.25, 0.3) is 0 Å². The van der Waals surface area contributed by atoms with Crippen molar-refractivity contribution >= 4 is 21.4 Å². The number of ether oxygens (including phenoxy) is 1. The highest BCUT2D eigenvalue weighted by molar-refractivity contribution is 7.91. The van der Waals surface area contributed by atoms with Crippen molar-refractivity contribution in [3.8, 4) is 5.75 Å². The standard InChI is InChI=1S/C17H23NO3S2/c1-13-5-10-16(22-13)23(19,20)18-11-12-21-15-8-6-14(7-9-15)17(2,3)4/h5-10,18H,11-12H2,1-4H3. The molecule has 0 fully saturated rings. The Balaban J connectivity index is 1.84. The molecule has 0 aliphatic heterocycles. The van der Waals surface area contributed by atoms with Crippen molar-refractivity contribution in [3.63, 3.8) is 0 Å². The van der Waals surface area contributed by atoms with Crippen molar-refractivity contribution < 1.29 is 13.2 Å². The maximum absolute atomic E-state index is 12.1. The second kappa shape index (κ2) is 7.03. The van der Waals surface area contributed by atoms with Crippen molar-refractivity contribution in [2.45, 2.75) is 37.3 Å². The summed E-state index contributed by atoms with van der Waals surface area (Å²) < 4.78 is 32.6. The van der Waals surface area contributed by atoms with E-state index in [-0.39, 0.29) is 12.0 Å². The van der Waals surface area contributed by atoms with Gasteiger partial charge >= 0.3 is 0 Å². The number of hydrogen-bond donors (Lipinski definition) is 1. The fourth-order valence-electron chi connectivity index (χ4n) is 2.02. The third kappa shape index (κ3) is 5.06. The summed E-state index contributed by atoms with van der Waals surface area (Å²) in [7, 11) is -3.43. The third-order valence-electron chi connectivity index (χ3n) is 3.36. The average Bonchev–Trinajstić information content (AvgIpc) is 2.91. The van der Waals surface area contributed by atoms with Gasteiger partial charge in [-0.2, -0.15) is 0 Å². The highest BCUT2D eigenvalue weighted by Gasteiger charge is 2.15. The largest absolute Gasteiger partial charge is 0.492 e. The molecule has 0 atom stereocenters. The third-order valence-corrected chi connectivity index (χ3v) is 6.32. The van der Waals surface area contributed by atoms with Crippen molar-refractivity contribution in [1.29, 1.82) is 0 Å². The molecular weight excluding hydrogens is 330 g/mol. The molecule has 0 bridgehead atoms. The van der Waals surface area contributed by atoms with Crippen LogP contribution >= 0.6 is 11.3 Å². The maximum atomic E-state index is 12.1. The highest BCUT2D eigenvalue weighted by Crippen LogP contribution is 2.24. The zero-order chi connectivity index (χ0) is 17.1. The Hall–Kier alpha value is -1.37. The molecule has 1 N–H and O–H groups in total. The first-order valence-corrected chi connectivity index (χ1v) is 9.78. The Morgan fingerprint density at radius 2 is 1.74 bits per heavy atom. The molecule has 0 aliphatic carbocycles. The van der Waals surface area contributed by atoms with Crippen LogP contribution < -0.4 is 9.46 Å². The van der Waals surface area contributed by atoms with Crippen LogP contribution in [0.3, 0.4) is 0 Å². The van der Waals surface area contributed by atoms with Gasteiger partial charge in [-0.25, -0.2) is 13.1 Å². The Morgan fingerprint density at radius 1 is 1.09 bits per heavy atom. The number of thiophene rings is 1. The van der Waals surface area contributed by atoms with Crippen LogP contribution in [0.1, 0.15) is 31.2 Å². The lowest BCUT2D eigenvalue weighted by molar-refractivity contribution is 0.322. The van der Waals surface area contributed by atoms with Gasteiger partial charge in [0, 0.05) is 11.4 Å². The summed E-state index contributed by atoms with van der Waals surface area (Å²) in [6.45, 7) is 8.88. The summed E-state index contributed by atoms with van der Waals surface area (Å²) in [5.41, 5.74) is 1.34. The zero-order valence-electron chi connectivity index (χ0n) is 13.9. The Kier molecular flexibility index (Phi) is 5.49. The average molecular weight is 354 g/mol. The molecule has 6 heteroatoms. The van der Waals surface area contributed by atoms with Gasteiger partial charge in [0.05, 0.1) is 0 Å². The van der Waals surface area contributed by atoms with Crippen molar-refractivity contribution in [2.75, 3.05) is 13.2 Å². The van der Waals surface area contributed by atoms with Crippen LogP contribution in [0, 0.1) is 6.92 Å². The molecule has 0 radical (unpaired) electrons. The van der Waals surface area contributed by atoms with E-state index in [0.717, 1.165) is 10.6 Å². The van der Waals surface area contributed by atoms with E-state index in [9.17, 15) is 8.42 Å². The van der Waals surface area contributed by atoms with Gasteiger partial charge in [-0.05, 0) is 42.2 Å². The molecule has 0 unspecified atom stereocenters. The fraction of sp³-hybridized carbons (Fsp3) is 0.412. The molecule has 0 amide bonds. The monoisotopic (exact) mass is 353 g/mol. The van der Waals surface area contributed by atoms with Gasteiger partial charge in [0.2, 0.25) is 10.0 Å². The van der Waals surface area contributed by atoms with Crippen molar-refractivity contribution in [1.82, 2.24) is 4.72 Å². The number of nitrogens with one attached hydrogen (secondary N) is 1. The topological polar surface area (TPSA) is 55.4 Å². The van der Waals surface area contributed by atoms with E-state index in [1.54, 1.807) is 12.1 Å². The van der Waals surface area contributed by atoms with Crippen LogP contribution in [0.15, 0.2) is 40.6 Å². The summed E-state index contributed by atoms with van der Waals surface area (Å²) in [4.78, 5) is 0.973. The van der Waals surface area contributed by atoms with E-state index in [2.05, 4.69) is 25.5 Å². The Bertz CT molecular complexity index is 741. The van der Waals surface area contributed by atoms with Crippen LogP contribution in [-0.2, 0) is 15.4 Å². The first-order valence-electron chi connectivity index (χ1n) is 7.48. The molecule has 2 aromatic rings. The number of sulfonamides is 1. The van der Waals surface area contributed by atoms with E-state index < -0.39 is 10.0 Å². The molecule has 23 heavy (non-hydrogen) atoms. The van der Waals surface area contributed by atoms with E-state index in [4.69, 9.17) is 4.74 Å². The van der Waals surface area contributed by atoms with Crippen LogP contribution in [0.25, 0.3) is 0 Å². The van der Waals surface area contributed by atoms with Crippen LogP contribution in [0.2, 0.25) is 0 Å². The predicted octanol–water partition coefficient (Wildman–Crippen LogP) is 3.71. The number of hydrogen-bond acceptors (Lipinski definition) is 4. The van der Waals surface area contributed by atoms with Crippen LogP contribution in [0.5, 0.6) is 5.75 Å². The zero-order valence-corrected chi connectivity index (χ0v) is 15.6. The van der Waals surface area contributed by atoms with Gasteiger partial charge in [-0.15, -0.1) is 11.3 Å². The molecular formula is C17H23NO3S2. The molecule has 1 aromatic heterocycles. The molecule has 4 nitrogen and oxygen atoms in total. The molecule has 0 spiro atoms. The number of benzene rings is 1. The fourth-order valence-corrected chi connectivity index (χ4v) is 4.36. The summed E-state index contributed by atoms with van der Waals surface area (Å²) in [5, 5.41) is 0. The van der Waals surface area contributed by atoms with Gasteiger partial charge < -0.3 is 4.74 Å². The normalized spacial score (nSPS) is 12.3.